The van der Waals surface area contributed by atoms with Gasteiger partial charge in [0.2, 0.25) is 0 Å². The summed E-state index contributed by atoms with van der Waals surface area (Å²) in [6, 6.07) is 44.1. The van der Waals surface area contributed by atoms with Gasteiger partial charge >= 0.3 is 0 Å². The van der Waals surface area contributed by atoms with Crippen molar-refractivity contribution in [1.82, 2.24) is 0 Å². The van der Waals surface area contributed by atoms with Crippen molar-refractivity contribution in [2.45, 2.75) is 40.2 Å². The Morgan fingerprint density at radius 2 is 1.02 bits per heavy atom. The lowest BCUT2D eigenvalue weighted by Gasteiger charge is -2.35. The third-order valence-corrected chi connectivity index (χ3v) is 8.69. The van der Waals surface area contributed by atoms with Gasteiger partial charge in [0.15, 0.2) is 0 Å². The Balaban J connectivity index is 1.61. The first-order chi connectivity index (χ1) is 22.5. The molecule has 0 aromatic heterocycles. The highest BCUT2D eigenvalue weighted by Gasteiger charge is 2.27. The number of nitrogens with zero attached hydrogens (tertiary/aromatic N) is 2. The van der Waals surface area contributed by atoms with Crippen molar-refractivity contribution in [1.29, 1.82) is 0 Å². The zero-order chi connectivity index (χ0) is 31.6. The number of hydrogen-bond acceptors (Lipinski definition) is 2. The topological polar surface area (TPSA) is 6.48 Å². The maximum atomic E-state index is 3.64. The van der Waals surface area contributed by atoms with Crippen LogP contribution in [0.3, 0.4) is 0 Å². The van der Waals surface area contributed by atoms with E-state index in [2.05, 4.69) is 189 Å². The average Bonchev–Trinajstić information content (AvgIpc) is 3.04. The molecule has 0 fully saturated rings. The van der Waals surface area contributed by atoms with Gasteiger partial charge in [0.05, 0.1) is 11.4 Å². The van der Waals surface area contributed by atoms with Gasteiger partial charge in [-0.15, -0.1) is 0 Å². The van der Waals surface area contributed by atoms with Crippen LogP contribution in [0.2, 0.25) is 0 Å². The van der Waals surface area contributed by atoms with Crippen LogP contribution < -0.4 is 9.80 Å². The number of allylic oxidation sites excluding steroid dienone is 3. The standard InChI is InChI=1S/C44H38N2/c1-31-15-6-5-7-19-35(27-31)45(36-20-12-16-32(2)28-36)43-39-23-8-10-25-41(39)44(42-26-11-9-24-40(42)43)46(37-21-13-17-33(3)29-37)38-22-14-18-34(4)30-38/h6,8-18,20-30,35H,5H2,1-4H3. The molecule has 1 atom stereocenters. The monoisotopic (exact) mass is 594 g/mol. The van der Waals surface area contributed by atoms with E-state index in [1.165, 1.54) is 55.2 Å². The molecule has 2 heteroatoms. The predicted molar refractivity (Wildman–Crippen MR) is 198 cm³/mol. The van der Waals surface area contributed by atoms with Gasteiger partial charge in [-0.05, 0) is 86.9 Å². The van der Waals surface area contributed by atoms with E-state index in [-0.39, 0.29) is 6.04 Å². The van der Waals surface area contributed by atoms with Crippen molar-refractivity contribution in [3.8, 4) is 11.8 Å². The van der Waals surface area contributed by atoms with Crippen molar-refractivity contribution in [3.05, 3.63) is 162 Å². The Morgan fingerprint density at radius 3 is 1.54 bits per heavy atom. The van der Waals surface area contributed by atoms with E-state index in [9.17, 15) is 0 Å². The highest BCUT2D eigenvalue weighted by molar-refractivity contribution is 6.22. The molecule has 0 N–H and O–H groups in total. The summed E-state index contributed by atoms with van der Waals surface area (Å²) in [5, 5.41) is 4.76. The Morgan fingerprint density at radius 1 is 0.543 bits per heavy atom. The number of aryl methyl sites for hydroxylation is 3. The van der Waals surface area contributed by atoms with Crippen molar-refractivity contribution >= 4 is 50.0 Å². The highest BCUT2D eigenvalue weighted by atomic mass is 15.2. The summed E-state index contributed by atoms with van der Waals surface area (Å²) in [4.78, 5) is 4.90. The summed E-state index contributed by atoms with van der Waals surface area (Å²) in [5.74, 6) is 7.08. The molecule has 46 heavy (non-hydrogen) atoms. The first kappa shape index (κ1) is 29.2. The van der Waals surface area contributed by atoms with Crippen LogP contribution in [0.15, 0.2) is 145 Å². The molecule has 0 radical (unpaired) electrons. The number of anilines is 5. The van der Waals surface area contributed by atoms with Crippen LogP contribution in [0.25, 0.3) is 21.5 Å². The fourth-order valence-electron chi connectivity index (χ4n) is 6.68. The van der Waals surface area contributed by atoms with Gasteiger partial charge in [-0.3, -0.25) is 0 Å². The minimum absolute atomic E-state index is 0.144. The first-order valence-corrected chi connectivity index (χ1v) is 16.0. The van der Waals surface area contributed by atoms with E-state index in [1.807, 2.05) is 0 Å². The zero-order valence-electron chi connectivity index (χ0n) is 27.0. The molecular formula is C44H38N2. The molecule has 0 spiro atoms. The second-order valence-corrected chi connectivity index (χ2v) is 12.3. The molecule has 2 nitrogen and oxygen atoms in total. The fraction of sp³-hybridized carbons (Fsp3) is 0.136. The van der Waals surface area contributed by atoms with E-state index in [0.717, 1.165) is 23.5 Å². The first-order valence-electron chi connectivity index (χ1n) is 16.0. The summed E-state index contributed by atoms with van der Waals surface area (Å²) in [7, 11) is 0. The summed E-state index contributed by atoms with van der Waals surface area (Å²) in [5.41, 5.74) is 10.6. The Labute approximate surface area is 272 Å². The van der Waals surface area contributed by atoms with E-state index in [1.54, 1.807) is 0 Å². The van der Waals surface area contributed by atoms with E-state index < -0.39 is 0 Å². The van der Waals surface area contributed by atoms with E-state index in [0.29, 0.717) is 0 Å². The molecule has 7 rings (SSSR count). The van der Waals surface area contributed by atoms with Gasteiger partial charge in [0.25, 0.3) is 0 Å². The van der Waals surface area contributed by atoms with Gasteiger partial charge in [-0.25, -0.2) is 0 Å². The second kappa shape index (κ2) is 12.5. The summed E-state index contributed by atoms with van der Waals surface area (Å²) >= 11 is 0. The molecule has 1 aliphatic rings. The lowest BCUT2D eigenvalue weighted by Crippen LogP contribution is -2.29. The maximum Gasteiger partial charge on any atom is 0.114 e. The van der Waals surface area contributed by atoms with Gasteiger partial charge in [0.1, 0.15) is 6.04 Å². The van der Waals surface area contributed by atoms with E-state index >= 15 is 0 Å². The maximum absolute atomic E-state index is 3.64. The normalized spacial score (nSPS) is 14.3. The second-order valence-electron chi connectivity index (χ2n) is 12.3. The molecule has 6 aromatic carbocycles. The quantitative estimate of drug-likeness (QED) is 0.107. The molecular weight excluding hydrogens is 556 g/mol. The Hall–Kier alpha value is -5.52. The predicted octanol–water partition coefficient (Wildman–Crippen LogP) is 11.8. The Bertz CT molecular complexity index is 2100. The van der Waals surface area contributed by atoms with Gasteiger partial charge < -0.3 is 9.80 Å². The summed E-state index contributed by atoms with van der Waals surface area (Å²) in [6.07, 6.45) is 7.38. The molecule has 0 amide bonds. The number of fused-ring (bicyclic) bond motifs is 2. The molecule has 0 bridgehead atoms. The molecule has 1 unspecified atom stereocenters. The van der Waals surface area contributed by atoms with Gasteiger partial charge in [0, 0.05) is 45.0 Å². The fourth-order valence-corrected chi connectivity index (χ4v) is 6.68. The van der Waals surface area contributed by atoms with Gasteiger partial charge in [-0.2, -0.15) is 0 Å². The van der Waals surface area contributed by atoms with Crippen molar-refractivity contribution in [3.63, 3.8) is 0 Å². The highest BCUT2D eigenvalue weighted by Crippen LogP contribution is 2.50. The molecule has 224 valence electrons. The third-order valence-electron chi connectivity index (χ3n) is 8.69. The summed E-state index contributed by atoms with van der Waals surface area (Å²) < 4.78 is 0. The molecule has 0 saturated carbocycles. The number of benzene rings is 6. The van der Waals surface area contributed by atoms with Crippen LogP contribution in [0.5, 0.6) is 0 Å². The van der Waals surface area contributed by atoms with Crippen molar-refractivity contribution in [2.75, 3.05) is 9.80 Å². The minimum Gasteiger partial charge on any atom is -0.322 e. The smallest absolute Gasteiger partial charge is 0.114 e. The minimum atomic E-state index is -0.144. The number of hydrogen-bond donors (Lipinski definition) is 0. The van der Waals surface area contributed by atoms with Crippen LogP contribution in [-0.4, -0.2) is 6.04 Å². The SMILES string of the molecule is CC1=CC(N(c2cccc(C)c2)c2c3ccccc3c(N(c3cccc(C)c3)c3cccc(C)c3)c3ccccc23)C#CCC=C1. The largest absolute Gasteiger partial charge is 0.322 e. The molecule has 0 aliphatic heterocycles. The van der Waals surface area contributed by atoms with Crippen LogP contribution >= 0.6 is 0 Å². The number of rotatable bonds is 6. The molecule has 6 aromatic rings. The van der Waals surface area contributed by atoms with Crippen LogP contribution in [-0.2, 0) is 0 Å². The van der Waals surface area contributed by atoms with Crippen LogP contribution in [0.1, 0.15) is 30.0 Å². The van der Waals surface area contributed by atoms with E-state index in [4.69, 9.17) is 0 Å². The summed E-state index contributed by atoms with van der Waals surface area (Å²) in [6.45, 7) is 8.66. The average molecular weight is 595 g/mol. The molecule has 0 heterocycles. The lowest BCUT2D eigenvalue weighted by molar-refractivity contribution is 0.966. The Kier molecular flexibility index (Phi) is 7.91. The van der Waals surface area contributed by atoms with Crippen LogP contribution in [0.4, 0.5) is 28.4 Å². The van der Waals surface area contributed by atoms with Gasteiger partial charge in [-0.1, -0.05) is 114 Å². The van der Waals surface area contributed by atoms with Crippen LogP contribution in [0, 0.1) is 32.6 Å². The van der Waals surface area contributed by atoms with Crippen molar-refractivity contribution in [2.24, 2.45) is 0 Å². The third kappa shape index (κ3) is 5.57. The lowest BCUT2D eigenvalue weighted by atomic mass is 9.94. The molecule has 1 aliphatic carbocycles. The zero-order valence-corrected chi connectivity index (χ0v) is 27.0. The molecule has 0 saturated heterocycles. The van der Waals surface area contributed by atoms with Crippen molar-refractivity contribution < 1.29 is 0 Å².